The maximum atomic E-state index is 10.6. The van der Waals surface area contributed by atoms with Gasteiger partial charge in [0.05, 0.1) is 4.92 Å². The first-order valence-electron chi connectivity index (χ1n) is 7.75. The summed E-state index contributed by atoms with van der Waals surface area (Å²) in [6, 6.07) is 9.37. The van der Waals surface area contributed by atoms with Gasteiger partial charge in [-0.15, -0.1) is 11.3 Å². The fourth-order valence-corrected chi connectivity index (χ4v) is 4.27. The SMILES string of the molecule is CC1Cc2sccc2C(C)N1CCOc1ccc([N+](=O)[O-])cc1. The zero-order valence-corrected chi connectivity index (χ0v) is 14.1. The molecule has 2 atom stereocenters. The number of non-ortho nitro benzene ring substituents is 1. The summed E-state index contributed by atoms with van der Waals surface area (Å²) in [5, 5.41) is 12.8. The maximum absolute atomic E-state index is 10.6. The molecule has 2 aromatic rings. The van der Waals surface area contributed by atoms with Gasteiger partial charge in [0.1, 0.15) is 12.4 Å². The first-order valence-corrected chi connectivity index (χ1v) is 8.63. The van der Waals surface area contributed by atoms with Crippen LogP contribution in [-0.2, 0) is 6.42 Å². The Morgan fingerprint density at radius 3 is 2.74 bits per heavy atom. The van der Waals surface area contributed by atoms with Crippen LogP contribution in [0.15, 0.2) is 35.7 Å². The zero-order chi connectivity index (χ0) is 16.4. The van der Waals surface area contributed by atoms with E-state index >= 15 is 0 Å². The Morgan fingerprint density at radius 2 is 2.04 bits per heavy atom. The molecule has 1 aromatic heterocycles. The van der Waals surface area contributed by atoms with Crippen LogP contribution in [-0.4, -0.2) is 29.0 Å². The molecule has 2 unspecified atom stereocenters. The molecule has 6 heteroatoms. The topological polar surface area (TPSA) is 55.6 Å². The molecule has 0 fully saturated rings. The van der Waals surface area contributed by atoms with Gasteiger partial charge in [-0.05, 0) is 49.4 Å². The van der Waals surface area contributed by atoms with Crippen LogP contribution in [0.2, 0.25) is 0 Å². The summed E-state index contributed by atoms with van der Waals surface area (Å²) in [4.78, 5) is 14.2. The fraction of sp³-hybridized carbons (Fsp3) is 0.412. The predicted molar refractivity (Wildman–Crippen MR) is 91.2 cm³/mol. The van der Waals surface area contributed by atoms with Crippen LogP contribution in [0, 0.1) is 10.1 Å². The van der Waals surface area contributed by atoms with Crippen LogP contribution in [0.3, 0.4) is 0 Å². The molecular formula is C17H20N2O3S. The predicted octanol–water partition coefficient (Wildman–Crippen LogP) is 4.04. The van der Waals surface area contributed by atoms with E-state index in [2.05, 4.69) is 30.2 Å². The van der Waals surface area contributed by atoms with E-state index in [0.29, 0.717) is 24.4 Å². The second-order valence-electron chi connectivity index (χ2n) is 5.87. The lowest BCUT2D eigenvalue weighted by Crippen LogP contribution is -2.42. The van der Waals surface area contributed by atoms with Gasteiger partial charge in [-0.2, -0.15) is 0 Å². The molecule has 0 spiro atoms. The van der Waals surface area contributed by atoms with Crippen LogP contribution < -0.4 is 4.74 Å². The van der Waals surface area contributed by atoms with Gasteiger partial charge in [0, 0.05) is 35.6 Å². The highest BCUT2D eigenvalue weighted by Crippen LogP contribution is 2.35. The number of rotatable bonds is 5. The quantitative estimate of drug-likeness (QED) is 0.612. The van der Waals surface area contributed by atoms with E-state index in [1.54, 1.807) is 12.1 Å². The van der Waals surface area contributed by atoms with Crippen LogP contribution in [0.25, 0.3) is 0 Å². The second-order valence-corrected chi connectivity index (χ2v) is 6.87. The Hall–Kier alpha value is -1.92. The van der Waals surface area contributed by atoms with Gasteiger partial charge in [-0.3, -0.25) is 15.0 Å². The number of nitrogens with zero attached hydrogens (tertiary/aromatic N) is 2. The van der Waals surface area contributed by atoms with Gasteiger partial charge >= 0.3 is 0 Å². The van der Waals surface area contributed by atoms with Crippen molar-refractivity contribution in [3.8, 4) is 5.75 Å². The highest BCUT2D eigenvalue weighted by atomic mass is 32.1. The normalized spacial score (nSPS) is 21.0. The molecule has 0 aliphatic carbocycles. The molecule has 0 radical (unpaired) electrons. The lowest BCUT2D eigenvalue weighted by atomic mass is 9.96. The highest BCUT2D eigenvalue weighted by molar-refractivity contribution is 7.10. The van der Waals surface area contributed by atoms with Crippen molar-refractivity contribution in [2.24, 2.45) is 0 Å². The van der Waals surface area contributed by atoms with E-state index < -0.39 is 4.92 Å². The molecule has 1 aliphatic heterocycles. The third-order valence-corrected chi connectivity index (χ3v) is 5.40. The average molecular weight is 332 g/mol. The summed E-state index contributed by atoms with van der Waals surface area (Å²) in [6.07, 6.45) is 1.09. The van der Waals surface area contributed by atoms with Crippen molar-refractivity contribution in [1.82, 2.24) is 4.90 Å². The van der Waals surface area contributed by atoms with E-state index in [9.17, 15) is 10.1 Å². The molecule has 1 aromatic carbocycles. The number of nitro benzene ring substituents is 1. The minimum absolute atomic E-state index is 0.0839. The summed E-state index contributed by atoms with van der Waals surface area (Å²) in [7, 11) is 0. The van der Waals surface area contributed by atoms with Crippen molar-refractivity contribution in [3.63, 3.8) is 0 Å². The molecule has 122 valence electrons. The Bertz CT molecular complexity index is 683. The second kappa shape index (κ2) is 6.68. The van der Waals surface area contributed by atoms with Gasteiger partial charge in [0.25, 0.3) is 5.69 Å². The van der Waals surface area contributed by atoms with Crippen LogP contribution >= 0.6 is 11.3 Å². The number of thiophene rings is 1. The summed E-state index contributed by atoms with van der Waals surface area (Å²) in [6.45, 7) is 5.92. The number of fused-ring (bicyclic) bond motifs is 1. The molecule has 1 aliphatic rings. The van der Waals surface area contributed by atoms with Crippen molar-refractivity contribution in [3.05, 3.63) is 56.3 Å². The summed E-state index contributed by atoms with van der Waals surface area (Å²) in [5.41, 5.74) is 1.52. The summed E-state index contributed by atoms with van der Waals surface area (Å²) >= 11 is 1.85. The smallest absolute Gasteiger partial charge is 0.269 e. The van der Waals surface area contributed by atoms with Gasteiger partial charge in [-0.25, -0.2) is 0 Å². The zero-order valence-electron chi connectivity index (χ0n) is 13.3. The Morgan fingerprint density at radius 1 is 1.30 bits per heavy atom. The van der Waals surface area contributed by atoms with E-state index in [-0.39, 0.29) is 5.69 Å². The van der Waals surface area contributed by atoms with E-state index in [0.717, 1.165) is 13.0 Å². The van der Waals surface area contributed by atoms with Crippen molar-refractivity contribution >= 4 is 17.0 Å². The first-order chi connectivity index (χ1) is 11.1. The van der Waals surface area contributed by atoms with Crippen LogP contribution in [0.4, 0.5) is 5.69 Å². The van der Waals surface area contributed by atoms with Crippen LogP contribution in [0.5, 0.6) is 5.75 Å². The minimum Gasteiger partial charge on any atom is -0.492 e. The van der Waals surface area contributed by atoms with Gasteiger partial charge in [0.15, 0.2) is 0 Å². The standard InChI is InChI=1S/C17H20N2O3S/c1-12-11-17-16(7-10-23-17)13(2)18(12)8-9-22-15-5-3-14(4-6-15)19(20)21/h3-7,10,12-13H,8-9,11H2,1-2H3. The highest BCUT2D eigenvalue weighted by Gasteiger charge is 2.29. The molecule has 0 N–H and O–H groups in total. The number of hydrogen-bond acceptors (Lipinski definition) is 5. The summed E-state index contributed by atoms with van der Waals surface area (Å²) < 4.78 is 5.75. The van der Waals surface area contributed by atoms with Gasteiger partial charge < -0.3 is 4.74 Å². The number of benzene rings is 1. The molecule has 0 amide bonds. The maximum Gasteiger partial charge on any atom is 0.269 e. The fourth-order valence-electron chi connectivity index (χ4n) is 3.18. The number of ether oxygens (including phenoxy) is 1. The van der Waals surface area contributed by atoms with E-state index in [4.69, 9.17) is 4.74 Å². The minimum atomic E-state index is -0.403. The molecule has 3 rings (SSSR count). The number of hydrogen-bond donors (Lipinski definition) is 0. The van der Waals surface area contributed by atoms with Crippen molar-refractivity contribution in [1.29, 1.82) is 0 Å². The van der Waals surface area contributed by atoms with Gasteiger partial charge in [-0.1, -0.05) is 0 Å². The largest absolute Gasteiger partial charge is 0.492 e. The Kier molecular flexibility index (Phi) is 4.63. The third-order valence-electron chi connectivity index (χ3n) is 4.44. The van der Waals surface area contributed by atoms with E-state index in [1.807, 2.05) is 11.3 Å². The average Bonchev–Trinajstić information content (AvgIpc) is 2.99. The molecular weight excluding hydrogens is 312 g/mol. The molecule has 0 bridgehead atoms. The Labute approximate surface area is 139 Å². The number of nitro groups is 1. The lowest BCUT2D eigenvalue weighted by Gasteiger charge is -2.38. The summed E-state index contributed by atoms with van der Waals surface area (Å²) in [5.74, 6) is 0.670. The molecule has 5 nitrogen and oxygen atoms in total. The molecule has 0 saturated heterocycles. The van der Waals surface area contributed by atoms with Crippen LogP contribution in [0.1, 0.15) is 30.3 Å². The molecule has 2 heterocycles. The van der Waals surface area contributed by atoms with E-state index in [1.165, 1.54) is 22.6 Å². The third kappa shape index (κ3) is 3.38. The van der Waals surface area contributed by atoms with Gasteiger partial charge in [0.2, 0.25) is 0 Å². The van der Waals surface area contributed by atoms with Crippen molar-refractivity contribution in [2.45, 2.75) is 32.4 Å². The van der Waals surface area contributed by atoms with Crippen molar-refractivity contribution in [2.75, 3.05) is 13.2 Å². The monoisotopic (exact) mass is 332 g/mol. The molecule has 23 heavy (non-hydrogen) atoms. The lowest BCUT2D eigenvalue weighted by molar-refractivity contribution is -0.384. The van der Waals surface area contributed by atoms with Crippen molar-refractivity contribution < 1.29 is 9.66 Å². The first kappa shape index (κ1) is 16.0. The Balaban J connectivity index is 1.57. The molecule has 0 saturated carbocycles.